The Labute approximate surface area is 655 Å². The molecule has 3 aliphatic rings. The van der Waals surface area contributed by atoms with E-state index in [1.165, 1.54) is 250 Å². The summed E-state index contributed by atoms with van der Waals surface area (Å²) in [5, 5.41) is 121. The third-order valence-electron chi connectivity index (χ3n) is 21.8. The number of hydrogen-bond donors (Lipinski definition) is 12. The van der Waals surface area contributed by atoms with Crippen LogP contribution in [0.3, 0.4) is 0 Å². The van der Waals surface area contributed by atoms with E-state index in [0.29, 0.717) is 6.42 Å². The second-order valence-corrected chi connectivity index (χ2v) is 31.3. The van der Waals surface area contributed by atoms with Crippen LogP contribution in [0, 0.1) is 0 Å². The Morgan fingerprint density at radius 3 is 1.00 bits per heavy atom. The number of aliphatic hydroxyl groups is 11. The summed E-state index contributed by atoms with van der Waals surface area (Å²) in [6, 6.07) is -0.977. The molecule has 12 N–H and O–H groups in total. The lowest BCUT2D eigenvalue weighted by atomic mass is 9.96. The first-order valence-corrected chi connectivity index (χ1v) is 44.2. The van der Waals surface area contributed by atoms with Crippen molar-refractivity contribution in [2.24, 2.45) is 0 Å². The van der Waals surface area contributed by atoms with E-state index in [-0.39, 0.29) is 18.9 Å². The molecule has 108 heavy (non-hydrogen) atoms. The Hall–Kier alpha value is -2.77. The molecule has 3 aliphatic heterocycles. The van der Waals surface area contributed by atoms with Crippen LogP contribution in [0.5, 0.6) is 0 Å². The van der Waals surface area contributed by atoms with E-state index in [0.717, 1.165) is 77.0 Å². The molecule has 0 saturated carbocycles. The first kappa shape index (κ1) is 99.4. The fourth-order valence-corrected chi connectivity index (χ4v) is 14.8. The summed E-state index contributed by atoms with van der Waals surface area (Å²) < 4.78 is 34.5. The standard InChI is InChI=1S/C89H161NO18/c1-3-5-7-9-11-13-15-17-19-21-23-25-27-29-31-33-35-36-37-39-41-43-45-47-49-51-53-55-57-59-61-63-65-67-77(95)90-72(73(94)66-64-62-60-58-56-54-52-50-48-46-44-42-40-38-34-32-30-28-26-24-22-20-18-16-14-12-10-8-6-4-2)71-103-87-83(101)80(98)85(75(69-92)105-87)108-89-84(102)81(99)86(76(70-93)106-89)107-88-82(100)79(97)78(96)74(68-91)104-88/h5,7,11,13,17,19,23,25,29,31,64,66,72-76,78-89,91-94,96-102H,3-4,6,8-10,12,14-16,18,20-22,24,26-28,30,32-63,65,67-71H2,1-2H3,(H,90,95)/b7-5-,13-11-,19-17-,25-23-,31-29-,66-64+. The van der Waals surface area contributed by atoms with E-state index >= 15 is 0 Å². The molecule has 0 bridgehead atoms. The number of hydrogen-bond acceptors (Lipinski definition) is 18. The van der Waals surface area contributed by atoms with Crippen LogP contribution >= 0.6 is 0 Å². The highest BCUT2D eigenvalue weighted by atomic mass is 16.8. The lowest BCUT2D eigenvalue weighted by Gasteiger charge is -2.48. The van der Waals surface area contributed by atoms with Crippen molar-refractivity contribution in [2.45, 2.75) is 458 Å². The number of carbonyl (C=O) groups excluding carboxylic acids is 1. The van der Waals surface area contributed by atoms with Gasteiger partial charge >= 0.3 is 0 Å². The molecule has 1 amide bonds. The van der Waals surface area contributed by atoms with Gasteiger partial charge in [-0.25, -0.2) is 0 Å². The zero-order chi connectivity index (χ0) is 78.1. The third-order valence-corrected chi connectivity index (χ3v) is 21.8. The summed E-state index contributed by atoms with van der Waals surface area (Å²) >= 11 is 0. The van der Waals surface area contributed by atoms with Gasteiger partial charge in [0.05, 0.1) is 38.6 Å². The Kier molecular flexibility index (Phi) is 63.2. The van der Waals surface area contributed by atoms with E-state index < -0.39 is 124 Å². The van der Waals surface area contributed by atoms with Gasteiger partial charge in [-0.15, -0.1) is 0 Å². The van der Waals surface area contributed by atoms with Crippen LogP contribution in [0.1, 0.15) is 354 Å². The molecular formula is C89H161NO18. The van der Waals surface area contributed by atoms with E-state index in [1.807, 2.05) is 6.08 Å². The number of allylic oxidation sites excluding steroid dienone is 11. The summed E-state index contributed by atoms with van der Waals surface area (Å²) in [7, 11) is 0. The highest BCUT2D eigenvalue weighted by molar-refractivity contribution is 5.76. The third kappa shape index (κ3) is 47.2. The molecule has 19 heteroatoms. The second kappa shape index (κ2) is 68.6. The van der Waals surface area contributed by atoms with Crippen molar-refractivity contribution in [1.29, 1.82) is 0 Å². The van der Waals surface area contributed by atoms with Crippen LogP contribution in [0.25, 0.3) is 0 Å². The SMILES string of the molecule is CC/C=C\C/C=C\C/C=C\C/C=C\C/C=C\CCCCCCCCCCCCCCCCCCCC(=O)NC(COC1OC(CO)C(OC2OC(CO)C(OC3OC(CO)C(O)C(O)C3O)C(O)C2O)C(O)C1O)C(O)/C=C/CCCCCCCCCCCCCCCCCCCCCCCCCCCCCC. The Morgan fingerprint density at radius 1 is 0.343 bits per heavy atom. The Bertz CT molecular complexity index is 2230. The molecular weight excluding hydrogens is 1370 g/mol. The molecule has 0 spiro atoms. The molecule has 0 aromatic carbocycles. The minimum absolute atomic E-state index is 0.243. The summed E-state index contributed by atoms with van der Waals surface area (Å²) in [6.07, 6.45) is 64.7. The maximum Gasteiger partial charge on any atom is 0.220 e. The minimum Gasteiger partial charge on any atom is -0.394 e. The zero-order valence-corrected chi connectivity index (χ0v) is 67.8. The van der Waals surface area contributed by atoms with Crippen molar-refractivity contribution in [3.63, 3.8) is 0 Å². The molecule has 17 unspecified atom stereocenters. The molecule has 630 valence electrons. The van der Waals surface area contributed by atoms with Crippen molar-refractivity contribution >= 4 is 5.91 Å². The van der Waals surface area contributed by atoms with Crippen LogP contribution in [0.2, 0.25) is 0 Å². The molecule has 3 heterocycles. The first-order valence-electron chi connectivity index (χ1n) is 44.2. The molecule has 17 atom stereocenters. The van der Waals surface area contributed by atoms with Crippen molar-refractivity contribution in [3.05, 3.63) is 72.9 Å². The highest BCUT2D eigenvalue weighted by Crippen LogP contribution is 2.33. The Morgan fingerprint density at radius 2 is 0.639 bits per heavy atom. The van der Waals surface area contributed by atoms with Gasteiger partial charge in [-0.2, -0.15) is 0 Å². The molecule has 3 fully saturated rings. The summed E-state index contributed by atoms with van der Waals surface area (Å²) in [5.74, 6) is -0.271. The normalized spacial score (nSPS) is 25.7. The topological polar surface area (TPSA) is 307 Å². The predicted molar refractivity (Wildman–Crippen MR) is 434 cm³/mol. The van der Waals surface area contributed by atoms with Crippen LogP contribution in [0.15, 0.2) is 72.9 Å². The van der Waals surface area contributed by atoms with Gasteiger partial charge in [0.15, 0.2) is 18.9 Å². The van der Waals surface area contributed by atoms with Gasteiger partial charge < -0.3 is 89.9 Å². The molecule has 19 nitrogen and oxygen atoms in total. The number of nitrogens with one attached hydrogen (secondary N) is 1. The average Bonchev–Trinajstić information content (AvgIpc) is 0.779. The Balaban J connectivity index is 1.34. The summed E-state index contributed by atoms with van der Waals surface area (Å²) in [4.78, 5) is 13.5. The smallest absolute Gasteiger partial charge is 0.220 e. The van der Waals surface area contributed by atoms with Gasteiger partial charge in [0.25, 0.3) is 0 Å². The molecule has 3 saturated heterocycles. The van der Waals surface area contributed by atoms with Gasteiger partial charge in [-0.3, -0.25) is 4.79 Å². The fraction of sp³-hybridized carbons (Fsp3) is 0.854. The largest absolute Gasteiger partial charge is 0.394 e. The van der Waals surface area contributed by atoms with E-state index in [4.69, 9.17) is 28.4 Å². The molecule has 0 aliphatic carbocycles. The lowest BCUT2D eigenvalue weighted by Crippen LogP contribution is -2.66. The van der Waals surface area contributed by atoms with Crippen LogP contribution in [-0.2, 0) is 33.2 Å². The van der Waals surface area contributed by atoms with Crippen LogP contribution in [-0.4, -0.2) is 193 Å². The predicted octanol–water partition coefficient (Wildman–Crippen LogP) is 16.3. The quantitative estimate of drug-likeness (QED) is 0.0199. The van der Waals surface area contributed by atoms with Gasteiger partial charge in [0, 0.05) is 6.42 Å². The van der Waals surface area contributed by atoms with Gasteiger partial charge in [-0.05, 0) is 64.2 Å². The van der Waals surface area contributed by atoms with E-state index in [2.05, 4.69) is 79.9 Å². The molecule has 3 rings (SSSR count). The number of rotatable bonds is 71. The average molecular weight is 1530 g/mol. The monoisotopic (exact) mass is 1530 g/mol. The lowest BCUT2D eigenvalue weighted by molar-refractivity contribution is -0.379. The zero-order valence-electron chi connectivity index (χ0n) is 67.8. The van der Waals surface area contributed by atoms with Crippen LogP contribution < -0.4 is 5.32 Å². The number of aliphatic hydroxyl groups excluding tert-OH is 11. The summed E-state index contributed by atoms with van der Waals surface area (Å²) in [6.45, 7) is 1.68. The van der Waals surface area contributed by atoms with Crippen molar-refractivity contribution in [2.75, 3.05) is 26.4 Å². The van der Waals surface area contributed by atoms with Crippen molar-refractivity contribution < 1.29 is 89.4 Å². The van der Waals surface area contributed by atoms with E-state index in [9.17, 15) is 61.0 Å². The highest BCUT2D eigenvalue weighted by Gasteiger charge is 2.54. The van der Waals surface area contributed by atoms with Crippen molar-refractivity contribution in [3.8, 4) is 0 Å². The second-order valence-electron chi connectivity index (χ2n) is 31.3. The fourth-order valence-electron chi connectivity index (χ4n) is 14.8. The van der Waals surface area contributed by atoms with Gasteiger partial charge in [0.1, 0.15) is 73.2 Å². The van der Waals surface area contributed by atoms with E-state index in [1.54, 1.807) is 6.08 Å². The maximum absolute atomic E-state index is 13.5. The van der Waals surface area contributed by atoms with Gasteiger partial charge in [-0.1, -0.05) is 356 Å². The summed E-state index contributed by atoms with van der Waals surface area (Å²) in [5.41, 5.74) is 0. The number of unbranched alkanes of at least 4 members (excludes halogenated alkanes) is 45. The minimum atomic E-state index is -1.98. The van der Waals surface area contributed by atoms with Gasteiger partial charge in [0.2, 0.25) is 5.91 Å². The van der Waals surface area contributed by atoms with Crippen LogP contribution in [0.4, 0.5) is 0 Å². The first-order chi connectivity index (χ1) is 52.8. The molecule has 0 radical (unpaired) electrons. The number of ether oxygens (including phenoxy) is 6. The number of amides is 1. The van der Waals surface area contributed by atoms with Crippen molar-refractivity contribution in [1.82, 2.24) is 5.32 Å². The molecule has 0 aromatic heterocycles. The maximum atomic E-state index is 13.5. The number of carbonyl (C=O) groups is 1. The molecule has 0 aromatic rings.